The zero-order chi connectivity index (χ0) is 27.1. The Kier molecular flexibility index (Phi) is 7.55. The fourth-order valence-corrected chi connectivity index (χ4v) is 7.43. The van der Waals surface area contributed by atoms with Gasteiger partial charge in [-0.1, -0.05) is 37.5 Å². The number of nitrogens with zero attached hydrogens (tertiary/aromatic N) is 2. The molecule has 6 rings (SSSR count). The van der Waals surface area contributed by atoms with E-state index in [1.54, 1.807) is 7.05 Å². The number of rotatable bonds is 7. The predicted molar refractivity (Wildman–Crippen MR) is 147 cm³/mol. The second-order valence-electron chi connectivity index (χ2n) is 12.3. The molecule has 3 N–H and O–H groups in total. The molecule has 0 spiro atoms. The number of hydrogen-bond donors (Lipinski definition) is 3. The van der Waals surface area contributed by atoms with Gasteiger partial charge in [-0.15, -0.1) is 0 Å². The number of carbonyl (C=O) groups is 3. The average molecular weight is 538 g/mol. The molecule has 2 aliphatic carbocycles. The van der Waals surface area contributed by atoms with E-state index in [0.717, 1.165) is 43.4 Å². The number of hydrogen-bond acceptors (Lipinski definition) is 6. The Labute approximate surface area is 231 Å². The van der Waals surface area contributed by atoms with Crippen molar-refractivity contribution in [1.29, 1.82) is 0 Å². The second-order valence-corrected chi connectivity index (χ2v) is 12.3. The minimum atomic E-state index is -0.602. The quantitative estimate of drug-likeness (QED) is 0.492. The molecule has 0 bridgehead atoms. The number of para-hydroxylation sites is 1. The highest BCUT2D eigenvalue weighted by atomic mass is 16.5. The third-order valence-electron chi connectivity index (χ3n) is 9.89. The number of carbonyl (C=O) groups excluding carboxylic acids is 3. The summed E-state index contributed by atoms with van der Waals surface area (Å²) >= 11 is 0. The van der Waals surface area contributed by atoms with Crippen molar-refractivity contribution in [3.63, 3.8) is 0 Å². The van der Waals surface area contributed by atoms with Crippen LogP contribution in [-0.2, 0) is 14.4 Å². The van der Waals surface area contributed by atoms with Crippen molar-refractivity contribution < 1.29 is 19.1 Å². The molecule has 9 nitrogen and oxygen atoms in total. The first-order chi connectivity index (χ1) is 18.9. The molecule has 2 saturated heterocycles. The van der Waals surface area contributed by atoms with Gasteiger partial charge in [0.05, 0.1) is 18.7 Å². The first-order valence-corrected chi connectivity index (χ1v) is 15.0. The highest BCUT2D eigenvalue weighted by Gasteiger charge is 2.56. The van der Waals surface area contributed by atoms with Crippen LogP contribution >= 0.6 is 0 Å². The summed E-state index contributed by atoms with van der Waals surface area (Å²) in [5.74, 6) is 1.24. The molecular formula is C30H43N5O4. The molecule has 5 aliphatic rings. The molecule has 1 unspecified atom stereocenters. The largest absolute Gasteiger partial charge is 0.493 e. The van der Waals surface area contributed by atoms with E-state index in [0.29, 0.717) is 44.1 Å². The van der Waals surface area contributed by atoms with Crippen LogP contribution in [0.5, 0.6) is 5.75 Å². The number of piperazine rings is 1. The average Bonchev–Trinajstić information content (AvgIpc) is 3.65. The summed E-state index contributed by atoms with van der Waals surface area (Å²) in [5, 5.41) is 9.39. The lowest BCUT2D eigenvalue weighted by molar-refractivity contribution is -0.150. The van der Waals surface area contributed by atoms with E-state index in [1.165, 1.54) is 12.8 Å². The zero-order valence-corrected chi connectivity index (χ0v) is 23.2. The summed E-state index contributed by atoms with van der Waals surface area (Å²) in [7, 11) is 1.75. The maximum Gasteiger partial charge on any atom is 0.246 e. The van der Waals surface area contributed by atoms with Crippen molar-refractivity contribution >= 4 is 17.7 Å². The number of piperidine rings is 1. The lowest BCUT2D eigenvalue weighted by Gasteiger charge is -2.46. The molecule has 212 valence electrons. The zero-order valence-electron chi connectivity index (χ0n) is 23.2. The summed E-state index contributed by atoms with van der Waals surface area (Å²) in [4.78, 5) is 45.7. The van der Waals surface area contributed by atoms with Gasteiger partial charge in [0.2, 0.25) is 17.7 Å². The molecule has 0 radical (unpaired) electrons. The Morgan fingerprint density at radius 3 is 2.62 bits per heavy atom. The number of amides is 3. The van der Waals surface area contributed by atoms with Gasteiger partial charge >= 0.3 is 0 Å². The molecule has 3 heterocycles. The van der Waals surface area contributed by atoms with Gasteiger partial charge in [0.1, 0.15) is 17.8 Å². The van der Waals surface area contributed by atoms with E-state index >= 15 is 0 Å². The summed E-state index contributed by atoms with van der Waals surface area (Å²) < 4.78 is 5.81. The van der Waals surface area contributed by atoms with Gasteiger partial charge < -0.3 is 25.6 Å². The Balaban J connectivity index is 1.25. The van der Waals surface area contributed by atoms with Crippen molar-refractivity contribution in [1.82, 2.24) is 25.8 Å². The Bertz CT molecular complexity index is 1090. The molecular weight excluding hydrogens is 494 g/mol. The van der Waals surface area contributed by atoms with E-state index in [9.17, 15) is 14.4 Å². The highest BCUT2D eigenvalue weighted by Crippen LogP contribution is 2.49. The Hall–Kier alpha value is -2.65. The maximum absolute atomic E-state index is 14.4. The predicted octanol–water partition coefficient (Wildman–Crippen LogP) is 1.97. The maximum atomic E-state index is 14.4. The number of benzene rings is 1. The highest BCUT2D eigenvalue weighted by molar-refractivity contribution is 5.93. The summed E-state index contributed by atoms with van der Waals surface area (Å²) in [6.45, 7) is 3.47. The van der Waals surface area contributed by atoms with Crippen LogP contribution in [0.3, 0.4) is 0 Å². The van der Waals surface area contributed by atoms with Crippen LogP contribution in [0.4, 0.5) is 0 Å². The number of ether oxygens (including phenoxy) is 1. The normalized spacial score (nSPS) is 31.6. The van der Waals surface area contributed by atoms with E-state index in [-0.39, 0.29) is 29.7 Å². The van der Waals surface area contributed by atoms with Gasteiger partial charge in [-0.3, -0.25) is 19.3 Å². The number of fused-ring (bicyclic) bond motifs is 4. The minimum absolute atomic E-state index is 0.0914. The van der Waals surface area contributed by atoms with Crippen LogP contribution in [0.15, 0.2) is 24.3 Å². The van der Waals surface area contributed by atoms with Crippen molar-refractivity contribution in [3.05, 3.63) is 29.8 Å². The van der Waals surface area contributed by atoms with E-state index in [1.807, 2.05) is 36.1 Å². The van der Waals surface area contributed by atoms with Gasteiger partial charge in [0.25, 0.3) is 0 Å². The second kappa shape index (κ2) is 11.1. The molecule has 39 heavy (non-hydrogen) atoms. The van der Waals surface area contributed by atoms with Crippen LogP contribution in [-0.4, -0.2) is 84.5 Å². The molecule has 9 heteroatoms. The third-order valence-corrected chi connectivity index (χ3v) is 9.89. The van der Waals surface area contributed by atoms with Crippen LogP contribution in [0.2, 0.25) is 0 Å². The molecule has 0 aromatic heterocycles. The fourth-order valence-electron chi connectivity index (χ4n) is 7.43. The lowest BCUT2D eigenvalue weighted by atomic mass is 9.82. The van der Waals surface area contributed by atoms with Crippen molar-refractivity contribution in [2.75, 3.05) is 26.7 Å². The summed E-state index contributed by atoms with van der Waals surface area (Å²) in [6, 6.07) is 6.99. The van der Waals surface area contributed by atoms with Gasteiger partial charge in [0.15, 0.2) is 0 Å². The van der Waals surface area contributed by atoms with E-state index in [4.69, 9.17) is 4.74 Å². The molecule has 2 saturated carbocycles. The fraction of sp³-hybridized carbons (Fsp3) is 0.700. The SMILES string of the molecule is CN[C@@H](C)C(=O)NC(C(=O)N1C[C@H]2C[C@@H]3C[C@@H]3N2C[C@H]1C(=O)N[C@@H]1CCOc2ccccc21)C1CCCCC1. The molecule has 1 aromatic carbocycles. The monoisotopic (exact) mass is 537 g/mol. The van der Waals surface area contributed by atoms with Crippen molar-refractivity contribution in [2.24, 2.45) is 11.8 Å². The van der Waals surface area contributed by atoms with Crippen LogP contribution in [0.25, 0.3) is 0 Å². The Morgan fingerprint density at radius 2 is 1.82 bits per heavy atom. The first kappa shape index (κ1) is 26.6. The van der Waals surface area contributed by atoms with E-state index in [2.05, 4.69) is 20.9 Å². The lowest BCUT2D eigenvalue weighted by Crippen LogP contribution is -2.67. The summed E-state index contributed by atoms with van der Waals surface area (Å²) in [6.07, 6.45) is 8.14. The van der Waals surface area contributed by atoms with Crippen molar-refractivity contribution in [2.45, 2.75) is 94.5 Å². The topological polar surface area (TPSA) is 103 Å². The summed E-state index contributed by atoms with van der Waals surface area (Å²) in [5.41, 5.74) is 0.987. The first-order valence-electron chi connectivity index (χ1n) is 15.0. The minimum Gasteiger partial charge on any atom is -0.493 e. The van der Waals surface area contributed by atoms with Gasteiger partial charge in [0, 0.05) is 37.2 Å². The van der Waals surface area contributed by atoms with Crippen LogP contribution in [0, 0.1) is 11.8 Å². The molecule has 7 atom stereocenters. The van der Waals surface area contributed by atoms with Gasteiger partial charge in [-0.05, 0) is 57.6 Å². The van der Waals surface area contributed by atoms with Crippen LogP contribution < -0.4 is 20.7 Å². The van der Waals surface area contributed by atoms with Gasteiger partial charge in [-0.2, -0.15) is 0 Å². The van der Waals surface area contributed by atoms with E-state index < -0.39 is 18.1 Å². The van der Waals surface area contributed by atoms with Crippen molar-refractivity contribution in [3.8, 4) is 5.75 Å². The molecule has 3 aliphatic heterocycles. The number of nitrogens with one attached hydrogen (secondary N) is 3. The Morgan fingerprint density at radius 1 is 1.03 bits per heavy atom. The number of likely N-dealkylation sites (N-methyl/N-ethyl adjacent to an activating group) is 1. The van der Waals surface area contributed by atoms with Gasteiger partial charge in [-0.25, -0.2) is 0 Å². The third kappa shape index (κ3) is 5.27. The van der Waals surface area contributed by atoms with Crippen LogP contribution in [0.1, 0.15) is 69.9 Å². The smallest absolute Gasteiger partial charge is 0.246 e. The molecule has 1 aromatic rings. The standard InChI is InChI=1S/C30H43N5O4/c1-18(31-2)28(36)33-27(19-8-4-3-5-9-19)30(38)35-16-21-14-20-15-24(20)34(21)17-25(35)29(37)32-23-12-13-39-26-11-7-6-10-22(23)26/h6-7,10-11,18-21,23-25,27,31H,3-5,8-9,12-17H2,1-2H3,(H,32,37)(H,33,36)/t18-,20+,21+,23+,24-,25-,27?/m0/s1. The molecule has 4 fully saturated rings. The molecule has 3 amide bonds.